The molecular formula is C15H20. The van der Waals surface area contributed by atoms with Crippen molar-refractivity contribution < 1.29 is 0 Å². The van der Waals surface area contributed by atoms with Gasteiger partial charge in [-0.2, -0.15) is 0 Å². The molecule has 0 aliphatic heterocycles. The van der Waals surface area contributed by atoms with Crippen LogP contribution in [-0.2, 0) is 0 Å². The smallest absolute Gasteiger partial charge is 0.0125 e. The maximum absolute atomic E-state index is 2.31. The molecule has 80 valence electrons. The molecule has 1 aromatic carbocycles. The molecule has 1 aliphatic carbocycles. The summed E-state index contributed by atoms with van der Waals surface area (Å²) in [6.07, 6.45) is 7.13. The molecule has 1 saturated carbocycles. The Labute approximate surface area is 93.0 Å². The van der Waals surface area contributed by atoms with Crippen LogP contribution < -0.4 is 0 Å². The van der Waals surface area contributed by atoms with Crippen molar-refractivity contribution in [3.8, 4) is 0 Å². The van der Waals surface area contributed by atoms with Gasteiger partial charge in [0.2, 0.25) is 0 Å². The summed E-state index contributed by atoms with van der Waals surface area (Å²) in [7, 11) is 0. The molecule has 1 aliphatic rings. The summed E-state index contributed by atoms with van der Waals surface area (Å²) in [4.78, 5) is 0. The summed E-state index contributed by atoms with van der Waals surface area (Å²) in [5, 5.41) is 0. The second-order valence-corrected chi connectivity index (χ2v) is 4.59. The highest BCUT2D eigenvalue weighted by molar-refractivity contribution is 5.59. The fraction of sp³-hybridized carbons (Fsp3) is 0.467. The molecule has 0 N–H and O–H groups in total. The number of hydrogen-bond donors (Lipinski definition) is 0. The van der Waals surface area contributed by atoms with Crippen molar-refractivity contribution in [2.45, 2.75) is 39.5 Å². The zero-order chi connectivity index (χ0) is 10.8. The first-order chi connectivity index (χ1) is 7.27. The molecule has 0 saturated heterocycles. The third kappa shape index (κ3) is 1.99. The van der Waals surface area contributed by atoms with Crippen molar-refractivity contribution in [1.29, 1.82) is 0 Å². The Balaban J connectivity index is 2.34. The molecule has 1 aromatic rings. The number of aryl methyl sites for hydroxylation is 1. The Morgan fingerprint density at radius 1 is 1.40 bits per heavy atom. The molecule has 0 bridgehead atoms. The second kappa shape index (κ2) is 4.22. The average molecular weight is 200 g/mol. The molecule has 0 nitrogen and oxygen atoms in total. The van der Waals surface area contributed by atoms with E-state index >= 15 is 0 Å². The minimum atomic E-state index is 0.834. The maximum atomic E-state index is 2.31. The van der Waals surface area contributed by atoms with E-state index in [0.29, 0.717) is 0 Å². The van der Waals surface area contributed by atoms with Gasteiger partial charge in [0.15, 0.2) is 0 Å². The lowest BCUT2D eigenvalue weighted by Crippen LogP contribution is -1.91. The monoisotopic (exact) mass is 200 g/mol. The Bertz CT molecular complexity index is 374. The maximum Gasteiger partial charge on any atom is -0.0125 e. The minimum absolute atomic E-state index is 0.834. The molecule has 0 radical (unpaired) electrons. The highest BCUT2D eigenvalue weighted by Gasteiger charge is 2.37. The largest absolute Gasteiger partial charge is 0.0870 e. The van der Waals surface area contributed by atoms with Crippen molar-refractivity contribution in [3.05, 3.63) is 41.0 Å². The Morgan fingerprint density at radius 3 is 2.80 bits per heavy atom. The van der Waals surface area contributed by atoms with Crippen molar-refractivity contribution in [3.63, 3.8) is 0 Å². The van der Waals surface area contributed by atoms with Gasteiger partial charge < -0.3 is 0 Å². The molecule has 15 heavy (non-hydrogen) atoms. The molecule has 2 rings (SSSR count). The van der Waals surface area contributed by atoms with Gasteiger partial charge in [-0.05, 0) is 48.8 Å². The normalized spacial score (nSPS) is 24.7. The van der Waals surface area contributed by atoms with Crippen LogP contribution in [0.1, 0.15) is 49.3 Å². The number of benzene rings is 1. The lowest BCUT2D eigenvalue weighted by Gasteiger charge is -2.08. The fourth-order valence-corrected chi connectivity index (χ4v) is 2.50. The quantitative estimate of drug-likeness (QED) is 0.672. The highest BCUT2D eigenvalue weighted by atomic mass is 14.4. The Kier molecular flexibility index (Phi) is 2.95. The lowest BCUT2D eigenvalue weighted by atomic mass is 9.97. The van der Waals surface area contributed by atoms with Gasteiger partial charge in [-0.3, -0.25) is 0 Å². The third-order valence-electron chi connectivity index (χ3n) is 3.54. The summed E-state index contributed by atoms with van der Waals surface area (Å²) in [5.74, 6) is 1.77. The van der Waals surface area contributed by atoms with E-state index in [1.165, 1.54) is 24.0 Å². The van der Waals surface area contributed by atoms with Crippen LogP contribution in [-0.4, -0.2) is 0 Å². The zero-order valence-corrected chi connectivity index (χ0v) is 9.96. The first kappa shape index (κ1) is 10.5. The summed E-state index contributed by atoms with van der Waals surface area (Å²) in [5.41, 5.74) is 4.44. The molecule has 0 spiro atoms. The van der Waals surface area contributed by atoms with E-state index in [0.717, 1.165) is 11.8 Å². The van der Waals surface area contributed by atoms with Crippen LogP contribution in [0.5, 0.6) is 0 Å². The van der Waals surface area contributed by atoms with E-state index in [2.05, 4.69) is 51.1 Å². The third-order valence-corrected chi connectivity index (χ3v) is 3.54. The van der Waals surface area contributed by atoms with Gasteiger partial charge in [0.05, 0.1) is 0 Å². The topological polar surface area (TPSA) is 0 Å². The molecule has 1 fully saturated rings. The van der Waals surface area contributed by atoms with Gasteiger partial charge in [0, 0.05) is 0 Å². The molecule has 2 unspecified atom stereocenters. The van der Waals surface area contributed by atoms with E-state index in [-0.39, 0.29) is 0 Å². The zero-order valence-electron chi connectivity index (χ0n) is 9.96. The Hall–Kier alpha value is -1.04. The SMILES string of the molecule is C/C=C\c1c(C)cccc1C1CC1CC. The van der Waals surface area contributed by atoms with Crippen LogP contribution in [0, 0.1) is 12.8 Å². The number of rotatable bonds is 3. The molecule has 0 amide bonds. The summed E-state index contributed by atoms with van der Waals surface area (Å²) in [6.45, 7) is 6.61. The van der Waals surface area contributed by atoms with Gasteiger partial charge in [0.1, 0.15) is 0 Å². The fourth-order valence-electron chi connectivity index (χ4n) is 2.50. The van der Waals surface area contributed by atoms with Crippen LogP contribution in [0.2, 0.25) is 0 Å². The van der Waals surface area contributed by atoms with E-state index in [4.69, 9.17) is 0 Å². The van der Waals surface area contributed by atoms with Crippen molar-refractivity contribution >= 4 is 6.08 Å². The van der Waals surface area contributed by atoms with Crippen molar-refractivity contribution in [1.82, 2.24) is 0 Å². The molecule has 0 aromatic heterocycles. The number of allylic oxidation sites excluding steroid dienone is 1. The van der Waals surface area contributed by atoms with Crippen LogP contribution in [0.3, 0.4) is 0 Å². The highest BCUT2D eigenvalue weighted by Crippen LogP contribution is 2.50. The predicted octanol–water partition coefficient (Wildman–Crippen LogP) is 4.54. The van der Waals surface area contributed by atoms with Gasteiger partial charge >= 0.3 is 0 Å². The van der Waals surface area contributed by atoms with Crippen LogP contribution in [0.15, 0.2) is 24.3 Å². The second-order valence-electron chi connectivity index (χ2n) is 4.59. The molecule has 0 heteroatoms. The van der Waals surface area contributed by atoms with Gasteiger partial charge in [-0.1, -0.05) is 43.7 Å². The van der Waals surface area contributed by atoms with E-state index < -0.39 is 0 Å². The van der Waals surface area contributed by atoms with E-state index in [9.17, 15) is 0 Å². The van der Waals surface area contributed by atoms with E-state index in [1.54, 1.807) is 5.56 Å². The Morgan fingerprint density at radius 2 is 2.20 bits per heavy atom. The van der Waals surface area contributed by atoms with E-state index in [1.807, 2.05) is 0 Å². The first-order valence-corrected chi connectivity index (χ1v) is 6.00. The minimum Gasteiger partial charge on any atom is -0.0870 e. The number of hydrogen-bond acceptors (Lipinski definition) is 0. The molecular weight excluding hydrogens is 180 g/mol. The lowest BCUT2D eigenvalue weighted by molar-refractivity contribution is 0.765. The average Bonchev–Trinajstić information content (AvgIpc) is 3.00. The first-order valence-electron chi connectivity index (χ1n) is 6.00. The van der Waals surface area contributed by atoms with Crippen molar-refractivity contribution in [2.24, 2.45) is 5.92 Å². The standard InChI is InChI=1S/C15H20/c1-4-7-13-11(3)8-6-9-14(13)15-10-12(15)5-2/h4,6-9,12,15H,5,10H2,1-3H3/b7-4-. The van der Waals surface area contributed by atoms with Crippen molar-refractivity contribution in [2.75, 3.05) is 0 Å². The van der Waals surface area contributed by atoms with Gasteiger partial charge in [0.25, 0.3) is 0 Å². The molecule has 0 heterocycles. The predicted molar refractivity (Wildman–Crippen MR) is 67.0 cm³/mol. The van der Waals surface area contributed by atoms with Gasteiger partial charge in [-0.15, -0.1) is 0 Å². The molecule has 2 atom stereocenters. The van der Waals surface area contributed by atoms with Crippen LogP contribution in [0.4, 0.5) is 0 Å². The van der Waals surface area contributed by atoms with Gasteiger partial charge in [-0.25, -0.2) is 0 Å². The summed E-state index contributed by atoms with van der Waals surface area (Å²) in [6, 6.07) is 6.72. The van der Waals surface area contributed by atoms with Crippen LogP contribution in [0.25, 0.3) is 6.08 Å². The summed E-state index contributed by atoms with van der Waals surface area (Å²) < 4.78 is 0. The summed E-state index contributed by atoms with van der Waals surface area (Å²) >= 11 is 0. The van der Waals surface area contributed by atoms with Crippen LogP contribution >= 0.6 is 0 Å².